The third-order valence-corrected chi connectivity index (χ3v) is 4.57. The maximum Gasteiger partial charge on any atom is 0.273 e. The van der Waals surface area contributed by atoms with Crippen LogP contribution in [0.5, 0.6) is 0 Å². The van der Waals surface area contributed by atoms with E-state index in [1.54, 1.807) is 23.0 Å². The lowest BCUT2D eigenvalue weighted by atomic mass is 10.2. The van der Waals surface area contributed by atoms with Crippen LogP contribution in [-0.4, -0.2) is 32.0 Å². The van der Waals surface area contributed by atoms with E-state index in [-0.39, 0.29) is 17.4 Å². The monoisotopic (exact) mass is 377 g/mol. The number of aromatic nitrogens is 4. The van der Waals surface area contributed by atoms with Crippen LogP contribution in [0.25, 0.3) is 10.9 Å². The summed E-state index contributed by atoms with van der Waals surface area (Å²) in [6.07, 6.45) is 4.47. The largest absolute Gasteiger partial charge is 0.351 e. The summed E-state index contributed by atoms with van der Waals surface area (Å²) >= 11 is 0. The third-order valence-electron chi connectivity index (χ3n) is 4.57. The average Bonchev–Trinajstić information content (AvgIpc) is 3.34. The Morgan fingerprint density at radius 2 is 1.89 bits per heavy atom. The molecule has 2 aromatic carbocycles. The summed E-state index contributed by atoms with van der Waals surface area (Å²) in [6.45, 7) is 1.81. The van der Waals surface area contributed by atoms with Gasteiger partial charge in [-0.05, 0) is 41.6 Å². The second kappa shape index (κ2) is 8.04. The van der Waals surface area contributed by atoms with E-state index in [1.807, 2.05) is 12.1 Å². The molecule has 142 valence electrons. The number of rotatable bonds is 7. The summed E-state index contributed by atoms with van der Waals surface area (Å²) in [6, 6.07) is 16.5. The van der Waals surface area contributed by atoms with E-state index < -0.39 is 0 Å². The third kappa shape index (κ3) is 4.09. The zero-order valence-corrected chi connectivity index (χ0v) is 15.3. The smallest absolute Gasteiger partial charge is 0.273 e. The molecule has 0 aliphatic rings. The first-order valence-corrected chi connectivity index (χ1v) is 9.16. The Morgan fingerprint density at radius 1 is 1.07 bits per heavy atom. The van der Waals surface area contributed by atoms with Gasteiger partial charge < -0.3 is 9.88 Å². The van der Waals surface area contributed by atoms with Gasteiger partial charge in [0.1, 0.15) is 5.82 Å². The highest BCUT2D eigenvalue weighted by molar-refractivity contribution is 5.91. The number of amides is 1. The molecule has 0 aliphatic carbocycles. The maximum atomic E-state index is 13.0. The summed E-state index contributed by atoms with van der Waals surface area (Å²) in [4.78, 5) is 12.2. The van der Waals surface area contributed by atoms with Crippen LogP contribution in [0.2, 0.25) is 0 Å². The first kappa shape index (κ1) is 17.9. The van der Waals surface area contributed by atoms with Gasteiger partial charge in [0.25, 0.3) is 5.91 Å². The van der Waals surface area contributed by atoms with Crippen molar-refractivity contribution in [1.82, 2.24) is 24.9 Å². The van der Waals surface area contributed by atoms with Crippen LogP contribution in [0, 0.1) is 5.82 Å². The van der Waals surface area contributed by atoms with Crippen molar-refractivity contribution in [2.24, 2.45) is 0 Å². The zero-order chi connectivity index (χ0) is 19.3. The Balaban J connectivity index is 1.27. The van der Waals surface area contributed by atoms with Crippen LogP contribution >= 0.6 is 0 Å². The summed E-state index contributed by atoms with van der Waals surface area (Å²) in [5, 5.41) is 12.0. The molecule has 2 heterocycles. The number of hydrogen-bond acceptors (Lipinski definition) is 3. The number of aryl methyl sites for hydroxylation is 1. The number of nitrogens with one attached hydrogen (secondary N) is 1. The topological polar surface area (TPSA) is 64.7 Å². The Bertz CT molecular complexity index is 1080. The molecule has 4 aromatic rings. The lowest BCUT2D eigenvalue weighted by molar-refractivity contribution is 0.0947. The summed E-state index contributed by atoms with van der Waals surface area (Å²) in [7, 11) is 0. The van der Waals surface area contributed by atoms with Crippen molar-refractivity contribution >= 4 is 16.8 Å². The van der Waals surface area contributed by atoms with E-state index in [0.29, 0.717) is 13.1 Å². The number of halogens is 1. The second-order valence-electron chi connectivity index (χ2n) is 6.61. The number of carbonyl (C=O) groups excluding carboxylic acids is 1. The lowest BCUT2D eigenvalue weighted by Crippen LogP contribution is -2.25. The fraction of sp³-hybridized carbons (Fsp3) is 0.190. The molecule has 0 saturated carbocycles. The van der Waals surface area contributed by atoms with Gasteiger partial charge in [0, 0.05) is 24.8 Å². The first-order chi connectivity index (χ1) is 13.7. The molecule has 1 amide bonds. The minimum atomic E-state index is -0.282. The molecule has 0 fully saturated rings. The van der Waals surface area contributed by atoms with Crippen LogP contribution in [-0.2, 0) is 13.1 Å². The first-order valence-electron chi connectivity index (χ1n) is 9.16. The summed E-state index contributed by atoms with van der Waals surface area (Å²) < 4.78 is 16.7. The predicted octanol–water partition coefficient (Wildman–Crippen LogP) is 3.24. The molecule has 7 heteroatoms. The van der Waals surface area contributed by atoms with Gasteiger partial charge in [-0.1, -0.05) is 35.5 Å². The molecule has 0 saturated heterocycles. The number of para-hydroxylation sites is 1. The summed E-state index contributed by atoms with van der Waals surface area (Å²) in [5.41, 5.74) is 2.35. The van der Waals surface area contributed by atoms with Crippen molar-refractivity contribution in [1.29, 1.82) is 0 Å². The van der Waals surface area contributed by atoms with E-state index in [1.165, 1.54) is 23.0 Å². The maximum absolute atomic E-state index is 13.0. The molecule has 28 heavy (non-hydrogen) atoms. The Hall–Kier alpha value is -3.48. The highest BCUT2D eigenvalue weighted by Crippen LogP contribution is 2.15. The quantitative estimate of drug-likeness (QED) is 0.503. The number of benzene rings is 2. The normalized spacial score (nSPS) is 11.0. The van der Waals surface area contributed by atoms with Crippen LogP contribution in [0.15, 0.2) is 67.0 Å². The van der Waals surface area contributed by atoms with Crippen LogP contribution in [0.3, 0.4) is 0 Å². The molecule has 4 rings (SSSR count). The van der Waals surface area contributed by atoms with Crippen molar-refractivity contribution < 1.29 is 9.18 Å². The fourth-order valence-corrected chi connectivity index (χ4v) is 3.13. The van der Waals surface area contributed by atoms with Gasteiger partial charge >= 0.3 is 0 Å². The standard InChI is InChI=1S/C21H20FN5O/c22-18-8-6-16(7-9-18)14-27-15-19(24-25-27)21(28)23-11-3-12-26-13-10-17-4-1-2-5-20(17)26/h1-2,4-10,13,15H,3,11-12,14H2,(H,23,28). The van der Waals surface area contributed by atoms with E-state index in [2.05, 4.69) is 44.6 Å². The minimum Gasteiger partial charge on any atom is -0.351 e. The van der Waals surface area contributed by atoms with E-state index in [9.17, 15) is 9.18 Å². The molecule has 1 N–H and O–H groups in total. The fourth-order valence-electron chi connectivity index (χ4n) is 3.13. The number of nitrogens with zero attached hydrogens (tertiary/aromatic N) is 4. The van der Waals surface area contributed by atoms with Crippen molar-refractivity contribution in [3.63, 3.8) is 0 Å². The van der Waals surface area contributed by atoms with Gasteiger partial charge in [0.05, 0.1) is 12.7 Å². The number of fused-ring (bicyclic) bond motifs is 1. The highest BCUT2D eigenvalue weighted by atomic mass is 19.1. The number of hydrogen-bond donors (Lipinski definition) is 1. The van der Waals surface area contributed by atoms with Crippen LogP contribution in [0.4, 0.5) is 4.39 Å². The molecule has 0 bridgehead atoms. The van der Waals surface area contributed by atoms with Gasteiger partial charge in [0.15, 0.2) is 5.69 Å². The Morgan fingerprint density at radius 3 is 2.75 bits per heavy atom. The molecule has 0 unspecified atom stereocenters. The van der Waals surface area contributed by atoms with Crippen molar-refractivity contribution in [2.45, 2.75) is 19.5 Å². The predicted molar refractivity (Wildman–Crippen MR) is 104 cm³/mol. The SMILES string of the molecule is O=C(NCCCn1ccc2ccccc21)c1cn(Cc2ccc(F)cc2)nn1. The summed E-state index contributed by atoms with van der Waals surface area (Å²) in [5.74, 6) is -0.530. The molecule has 0 atom stereocenters. The molecule has 6 nitrogen and oxygen atoms in total. The van der Waals surface area contributed by atoms with Gasteiger partial charge in [-0.2, -0.15) is 0 Å². The van der Waals surface area contributed by atoms with Gasteiger partial charge in [-0.15, -0.1) is 5.10 Å². The highest BCUT2D eigenvalue weighted by Gasteiger charge is 2.10. The molecule has 0 spiro atoms. The van der Waals surface area contributed by atoms with Gasteiger partial charge in [0.2, 0.25) is 0 Å². The van der Waals surface area contributed by atoms with Crippen molar-refractivity contribution in [3.8, 4) is 0 Å². The van der Waals surface area contributed by atoms with Crippen LogP contribution < -0.4 is 5.32 Å². The zero-order valence-electron chi connectivity index (χ0n) is 15.3. The molecule has 2 aromatic heterocycles. The van der Waals surface area contributed by atoms with Crippen molar-refractivity contribution in [3.05, 3.63) is 84.1 Å². The van der Waals surface area contributed by atoms with Crippen molar-refractivity contribution in [2.75, 3.05) is 6.54 Å². The number of carbonyl (C=O) groups is 1. The van der Waals surface area contributed by atoms with E-state index in [4.69, 9.17) is 0 Å². The van der Waals surface area contributed by atoms with Crippen LogP contribution in [0.1, 0.15) is 22.5 Å². The lowest BCUT2D eigenvalue weighted by Gasteiger charge is -2.06. The Kier molecular flexibility index (Phi) is 5.14. The van der Waals surface area contributed by atoms with E-state index >= 15 is 0 Å². The van der Waals surface area contributed by atoms with Gasteiger partial charge in [-0.3, -0.25) is 4.79 Å². The van der Waals surface area contributed by atoms with Gasteiger partial charge in [-0.25, -0.2) is 9.07 Å². The van der Waals surface area contributed by atoms with E-state index in [0.717, 1.165) is 18.5 Å². The molecule has 0 aliphatic heterocycles. The molecular weight excluding hydrogens is 357 g/mol. The average molecular weight is 377 g/mol. The second-order valence-corrected chi connectivity index (χ2v) is 6.61. The minimum absolute atomic E-state index is 0.247. The molecule has 0 radical (unpaired) electrons. The Labute approximate surface area is 161 Å². The molecular formula is C21H20FN5O.